The molecule has 8 nitrogen and oxygen atoms in total. The molecule has 1 spiro atoms. The highest BCUT2D eigenvalue weighted by Crippen LogP contribution is 2.73. The number of rotatable bonds is 5. The number of nitro groups is 2. The van der Waals surface area contributed by atoms with Gasteiger partial charge in [0.1, 0.15) is 0 Å². The number of hydrogen-bond acceptors (Lipinski definition) is 6. The van der Waals surface area contributed by atoms with Gasteiger partial charge in [0.05, 0.1) is 28.1 Å². The summed E-state index contributed by atoms with van der Waals surface area (Å²) < 4.78 is 5.14. The molecule has 0 radical (unpaired) electrons. The first-order valence-electron chi connectivity index (χ1n) is 6.58. The van der Waals surface area contributed by atoms with Crippen LogP contribution in [-0.4, -0.2) is 27.2 Å². The molecule has 1 aromatic rings. The molecule has 3 atom stereocenters. The molecule has 0 N–H and O–H groups in total. The summed E-state index contributed by atoms with van der Waals surface area (Å²) in [5, 5.41) is 21.6. The van der Waals surface area contributed by atoms with Crippen LogP contribution in [0.5, 0.6) is 0 Å². The van der Waals surface area contributed by atoms with Crippen molar-refractivity contribution in [2.45, 2.75) is 17.7 Å². The lowest BCUT2D eigenvalue weighted by Gasteiger charge is -2.04. The van der Waals surface area contributed by atoms with Crippen LogP contribution in [0.3, 0.4) is 0 Å². The lowest BCUT2D eigenvalue weighted by molar-refractivity contribution is -0.394. The Bertz CT molecular complexity index is 661. The normalized spacial score (nSPS) is 28.2. The quantitative estimate of drug-likeness (QED) is 0.340. The van der Waals surface area contributed by atoms with E-state index in [-0.39, 0.29) is 17.6 Å². The molecule has 2 saturated carbocycles. The molecule has 0 unspecified atom stereocenters. The third kappa shape index (κ3) is 2.56. The van der Waals surface area contributed by atoms with Crippen molar-refractivity contribution in [1.82, 2.24) is 0 Å². The van der Waals surface area contributed by atoms with Crippen LogP contribution in [0.15, 0.2) is 18.2 Å². The van der Waals surface area contributed by atoms with Crippen LogP contribution in [0, 0.1) is 31.6 Å². The fraction of sp³-hybridized carbons (Fsp3) is 0.462. The Labute approximate surface area is 132 Å². The Kier molecular flexibility index (Phi) is 3.39. The largest absolute Gasteiger partial charge is 0.462 e. The van der Waals surface area contributed by atoms with Crippen molar-refractivity contribution in [3.8, 4) is 0 Å². The molecule has 0 aliphatic heterocycles. The minimum absolute atomic E-state index is 0.179. The van der Waals surface area contributed by atoms with E-state index in [0.29, 0.717) is 10.7 Å². The summed E-state index contributed by atoms with van der Waals surface area (Å²) in [6.07, 6.45) is 2.06. The number of benzene rings is 1. The van der Waals surface area contributed by atoms with Crippen molar-refractivity contribution in [2.24, 2.45) is 11.3 Å². The maximum absolute atomic E-state index is 12.0. The summed E-state index contributed by atoms with van der Waals surface area (Å²) in [5.74, 6) is -0.477. The monoisotopic (exact) mass is 370 g/mol. The summed E-state index contributed by atoms with van der Waals surface area (Å²) in [7, 11) is 0. The first-order valence-corrected chi connectivity index (χ1v) is 7.50. The van der Waals surface area contributed by atoms with E-state index in [0.717, 1.165) is 31.0 Å². The van der Waals surface area contributed by atoms with Crippen molar-refractivity contribution in [1.29, 1.82) is 0 Å². The van der Waals surface area contributed by atoms with Gasteiger partial charge in [-0.15, -0.1) is 0 Å². The van der Waals surface area contributed by atoms with Gasteiger partial charge in [-0.1, -0.05) is 15.9 Å². The molecular weight excluding hydrogens is 360 g/mol. The zero-order chi connectivity index (χ0) is 16.1. The summed E-state index contributed by atoms with van der Waals surface area (Å²) in [5.41, 5.74) is -0.935. The number of nitro benzene ring substituents is 2. The average molecular weight is 371 g/mol. The molecular formula is C13H11BrN2O6. The maximum Gasteiger partial charge on any atom is 0.338 e. The molecule has 9 heteroatoms. The van der Waals surface area contributed by atoms with E-state index in [4.69, 9.17) is 4.74 Å². The molecule has 2 aliphatic carbocycles. The SMILES string of the molecule is O=C(OC[C@@H]1C[C@]12C[C@H]2Br)c1cc([N+](=O)[O-])cc([N+](=O)[O-])c1. The molecule has 0 amide bonds. The van der Waals surface area contributed by atoms with Gasteiger partial charge in [-0.05, 0) is 18.3 Å². The number of hydrogen-bond donors (Lipinski definition) is 0. The minimum atomic E-state index is -0.778. The molecule has 116 valence electrons. The topological polar surface area (TPSA) is 113 Å². The highest BCUT2D eigenvalue weighted by molar-refractivity contribution is 9.09. The summed E-state index contributed by atoms with van der Waals surface area (Å²) >= 11 is 3.52. The number of halogens is 1. The third-order valence-electron chi connectivity index (χ3n) is 4.28. The Hall–Kier alpha value is -2.03. The molecule has 0 heterocycles. The van der Waals surface area contributed by atoms with Gasteiger partial charge in [-0.3, -0.25) is 20.2 Å². The van der Waals surface area contributed by atoms with Gasteiger partial charge in [0.2, 0.25) is 0 Å². The van der Waals surface area contributed by atoms with Crippen LogP contribution in [0.1, 0.15) is 23.2 Å². The number of esters is 1. The second-order valence-electron chi connectivity index (χ2n) is 5.66. The number of carbonyl (C=O) groups excluding carboxylic acids is 1. The van der Waals surface area contributed by atoms with E-state index in [1.165, 1.54) is 0 Å². The number of nitrogens with zero attached hydrogens (tertiary/aromatic N) is 2. The van der Waals surface area contributed by atoms with Gasteiger partial charge < -0.3 is 4.74 Å². The summed E-state index contributed by atoms with van der Waals surface area (Å²) in [6.45, 7) is 0.234. The third-order valence-corrected chi connectivity index (χ3v) is 5.51. The number of non-ortho nitro benzene ring substituents is 2. The van der Waals surface area contributed by atoms with E-state index in [2.05, 4.69) is 15.9 Å². The summed E-state index contributed by atoms with van der Waals surface area (Å²) in [6, 6.07) is 2.79. The second-order valence-corrected chi connectivity index (χ2v) is 6.76. The zero-order valence-corrected chi connectivity index (χ0v) is 12.8. The van der Waals surface area contributed by atoms with E-state index >= 15 is 0 Å². The van der Waals surface area contributed by atoms with Gasteiger partial charge in [-0.2, -0.15) is 0 Å². The number of ether oxygens (including phenoxy) is 1. The van der Waals surface area contributed by atoms with Crippen molar-refractivity contribution < 1.29 is 19.4 Å². The van der Waals surface area contributed by atoms with Crippen LogP contribution in [-0.2, 0) is 4.74 Å². The Balaban J connectivity index is 1.71. The van der Waals surface area contributed by atoms with Gasteiger partial charge in [0.25, 0.3) is 11.4 Å². The van der Waals surface area contributed by atoms with Crippen LogP contribution in [0.4, 0.5) is 11.4 Å². The van der Waals surface area contributed by atoms with E-state index in [1.807, 2.05) is 0 Å². The van der Waals surface area contributed by atoms with E-state index in [1.54, 1.807) is 0 Å². The second kappa shape index (κ2) is 5.01. The zero-order valence-electron chi connectivity index (χ0n) is 11.2. The predicted octanol–water partition coefficient (Wildman–Crippen LogP) is 2.83. The highest BCUT2D eigenvalue weighted by Gasteiger charge is 2.69. The van der Waals surface area contributed by atoms with Gasteiger partial charge >= 0.3 is 5.97 Å². The number of alkyl halides is 1. The van der Waals surface area contributed by atoms with Crippen molar-refractivity contribution in [3.63, 3.8) is 0 Å². The summed E-state index contributed by atoms with van der Waals surface area (Å²) in [4.78, 5) is 32.4. The van der Waals surface area contributed by atoms with Crippen molar-refractivity contribution >= 4 is 33.3 Å². The standard InChI is InChI=1S/C13H11BrN2O6/c14-11-5-13(11)4-8(13)6-22-12(17)7-1-9(15(18)19)3-10(2-7)16(20)21/h1-3,8,11H,4-6H2/t8-,11+,13-/m0/s1. The Morgan fingerprint density at radius 1 is 1.23 bits per heavy atom. The van der Waals surface area contributed by atoms with Gasteiger partial charge in [0.15, 0.2) is 0 Å². The Morgan fingerprint density at radius 2 is 1.77 bits per heavy atom. The van der Waals surface area contributed by atoms with Crippen molar-refractivity contribution in [3.05, 3.63) is 44.0 Å². The highest BCUT2D eigenvalue weighted by atomic mass is 79.9. The molecule has 0 bridgehead atoms. The minimum Gasteiger partial charge on any atom is -0.462 e. The van der Waals surface area contributed by atoms with Crippen molar-refractivity contribution in [2.75, 3.05) is 6.61 Å². The fourth-order valence-corrected chi connectivity index (χ4v) is 3.88. The molecule has 0 saturated heterocycles. The van der Waals surface area contributed by atoms with E-state index in [9.17, 15) is 25.0 Å². The van der Waals surface area contributed by atoms with E-state index < -0.39 is 27.2 Å². The van der Waals surface area contributed by atoms with Gasteiger partial charge in [-0.25, -0.2) is 4.79 Å². The average Bonchev–Trinajstić information content (AvgIpc) is 3.34. The molecule has 2 fully saturated rings. The van der Waals surface area contributed by atoms with Crippen LogP contribution >= 0.6 is 15.9 Å². The molecule has 1 aromatic carbocycles. The predicted molar refractivity (Wildman–Crippen MR) is 77.9 cm³/mol. The fourth-order valence-electron chi connectivity index (χ4n) is 2.72. The smallest absolute Gasteiger partial charge is 0.338 e. The Morgan fingerprint density at radius 3 is 2.18 bits per heavy atom. The van der Waals surface area contributed by atoms with Gasteiger partial charge in [0, 0.05) is 22.9 Å². The first kappa shape index (κ1) is 14.9. The first-order chi connectivity index (χ1) is 10.3. The van der Waals surface area contributed by atoms with Crippen LogP contribution in [0.25, 0.3) is 0 Å². The van der Waals surface area contributed by atoms with Crippen LogP contribution < -0.4 is 0 Å². The molecule has 0 aromatic heterocycles. The van der Waals surface area contributed by atoms with Crippen LogP contribution in [0.2, 0.25) is 0 Å². The number of carbonyl (C=O) groups is 1. The molecule has 3 rings (SSSR count). The molecule has 2 aliphatic rings. The lowest BCUT2D eigenvalue weighted by atomic mass is 10.2. The molecule has 22 heavy (non-hydrogen) atoms. The maximum atomic E-state index is 12.0. The lowest BCUT2D eigenvalue weighted by Crippen LogP contribution is -2.09.